The van der Waals surface area contributed by atoms with E-state index < -0.39 is 0 Å². The number of aromatic nitrogens is 1. The molecule has 4 aromatic carbocycles. The highest BCUT2D eigenvalue weighted by atomic mass is 35.5. The maximum atomic E-state index is 13.1. The molecule has 1 amide bonds. The third-order valence-electron chi connectivity index (χ3n) is 6.11. The average molecular weight is 530 g/mol. The Kier molecular flexibility index (Phi) is 6.82. The third kappa shape index (κ3) is 5.01. The molecule has 0 saturated heterocycles. The van der Waals surface area contributed by atoms with Gasteiger partial charge >= 0.3 is 0 Å². The van der Waals surface area contributed by atoms with E-state index in [1.54, 1.807) is 31.4 Å². The fourth-order valence-electron chi connectivity index (χ4n) is 4.16. The molecule has 6 nitrogen and oxygen atoms in total. The molecule has 1 heterocycles. The van der Waals surface area contributed by atoms with Gasteiger partial charge in [-0.25, -0.2) is 4.98 Å². The number of nitrogens with one attached hydrogen (secondary N) is 2. The second-order valence-corrected chi connectivity index (χ2v) is 9.68. The van der Waals surface area contributed by atoms with E-state index >= 15 is 0 Å². The molecule has 37 heavy (non-hydrogen) atoms. The Morgan fingerprint density at radius 2 is 1.81 bits per heavy atom. The highest BCUT2D eigenvalue weighted by molar-refractivity contribution is 7.80. The Labute approximate surface area is 224 Å². The highest BCUT2D eigenvalue weighted by Crippen LogP contribution is 2.33. The maximum absolute atomic E-state index is 13.1. The van der Waals surface area contributed by atoms with Crippen molar-refractivity contribution in [2.45, 2.75) is 19.8 Å². The van der Waals surface area contributed by atoms with Crippen LogP contribution in [0.3, 0.4) is 0 Å². The lowest BCUT2D eigenvalue weighted by atomic mass is 10.0. The van der Waals surface area contributed by atoms with E-state index in [-0.39, 0.29) is 11.0 Å². The second-order valence-electron chi connectivity index (χ2n) is 8.86. The number of carbonyl (C=O) groups is 1. The molecule has 0 saturated carbocycles. The van der Waals surface area contributed by atoms with Gasteiger partial charge in [-0.15, -0.1) is 0 Å². The lowest BCUT2D eigenvalue weighted by Crippen LogP contribution is -2.34. The summed E-state index contributed by atoms with van der Waals surface area (Å²) >= 11 is 11.8. The molecule has 1 aromatic heterocycles. The van der Waals surface area contributed by atoms with Crippen LogP contribution in [-0.2, 0) is 0 Å². The van der Waals surface area contributed by atoms with E-state index in [2.05, 4.69) is 29.5 Å². The number of ether oxygens (including phenoxy) is 1. The van der Waals surface area contributed by atoms with Crippen LogP contribution in [0, 0.1) is 0 Å². The topological polar surface area (TPSA) is 76.4 Å². The fraction of sp³-hybridized carbons (Fsp3) is 0.138. The van der Waals surface area contributed by atoms with Crippen molar-refractivity contribution in [3.63, 3.8) is 0 Å². The van der Waals surface area contributed by atoms with Crippen molar-refractivity contribution in [3.05, 3.63) is 88.9 Å². The number of carbonyl (C=O) groups excluding carboxylic acids is 1. The number of oxazole rings is 1. The molecule has 186 valence electrons. The van der Waals surface area contributed by atoms with Gasteiger partial charge in [0.15, 0.2) is 10.7 Å². The molecule has 0 unspecified atom stereocenters. The summed E-state index contributed by atoms with van der Waals surface area (Å²) in [6.07, 6.45) is 0. The minimum Gasteiger partial charge on any atom is -0.495 e. The Balaban J connectivity index is 1.39. The van der Waals surface area contributed by atoms with Gasteiger partial charge in [-0.1, -0.05) is 55.8 Å². The van der Waals surface area contributed by atoms with Gasteiger partial charge in [0.25, 0.3) is 5.91 Å². The van der Waals surface area contributed by atoms with Gasteiger partial charge < -0.3 is 14.5 Å². The van der Waals surface area contributed by atoms with Gasteiger partial charge in [-0.05, 0) is 71.6 Å². The van der Waals surface area contributed by atoms with Crippen molar-refractivity contribution in [1.82, 2.24) is 10.3 Å². The second kappa shape index (κ2) is 10.2. The highest BCUT2D eigenvalue weighted by Gasteiger charge is 2.16. The molecule has 8 heteroatoms. The number of thiocarbonyl (C=S) groups is 1. The molecule has 5 rings (SSSR count). The first-order chi connectivity index (χ1) is 17.8. The van der Waals surface area contributed by atoms with E-state index in [1.807, 2.05) is 48.5 Å². The summed E-state index contributed by atoms with van der Waals surface area (Å²) in [5.74, 6) is 1.07. The number of benzene rings is 4. The zero-order chi connectivity index (χ0) is 26.1. The van der Waals surface area contributed by atoms with Gasteiger partial charge in [0, 0.05) is 21.5 Å². The first kappa shape index (κ1) is 24.7. The fourth-order valence-corrected chi connectivity index (χ4v) is 4.60. The molecule has 5 aromatic rings. The summed E-state index contributed by atoms with van der Waals surface area (Å²) < 4.78 is 11.5. The number of nitrogens with zero attached hydrogens (tertiary/aromatic N) is 1. The van der Waals surface area contributed by atoms with Crippen LogP contribution in [0.25, 0.3) is 33.3 Å². The van der Waals surface area contributed by atoms with E-state index in [0.29, 0.717) is 39.4 Å². The molecule has 0 atom stereocenters. The predicted molar refractivity (Wildman–Crippen MR) is 153 cm³/mol. The average Bonchev–Trinajstić information content (AvgIpc) is 3.32. The summed E-state index contributed by atoms with van der Waals surface area (Å²) in [7, 11) is 1.56. The summed E-state index contributed by atoms with van der Waals surface area (Å²) in [5.41, 5.74) is 4.48. The normalized spacial score (nSPS) is 11.2. The number of anilines is 1. The lowest BCUT2D eigenvalue weighted by Gasteiger charge is -2.14. The molecular formula is C29H24ClN3O3S. The minimum absolute atomic E-state index is 0.124. The van der Waals surface area contributed by atoms with Crippen molar-refractivity contribution in [1.29, 1.82) is 0 Å². The first-order valence-electron chi connectivity index (χ1n) is 11.7. The van der Waals surface area contributed by atoms with E-state index in [0.717, 1.165) is 21.9 Å². The van der Waals surface area contributed by atoms with Crippen LogP contribution in [0.1, 0.15) is 35.7 Å². The van der Waals surface area contributed by atoms with Crippen LogP contribution in [-0.4, -0.2) is 23.1 Å². The lowest BCUT2D eigenvalue weighted by molar-refractivity contribution is 0.0979. The third-order valence-corrected chi connectivity index (χ3v) is 6.65. The van der Waals surface area contributed by atoms with Crippen molar-refractivity contribution >= 4 is 62.4 Å². The van der Waals surface area contributed by atoms with E-state index in [4.69, 9.17) is 33.0 Å². The zero-order valence-corrected chi connectivity index (χ0v) is 22.0. The molecule has 0 bridgehead atoms. The molecule has 0 aliphatic carbocycles. The summed E-state index contributed by atoms with van der Waals surface area (Å²) in [6.45, 7) is 4.28. The standard InChI is InChI=1S/C29H24ClN3O3S/c1-16(2)17-10-13-26-24(14-17)31-28(36-26)18-11-12-25(35-3)23(15-18)32-29(37)33-27(34)21-8-4-7-20-19(21)6-5-9-22(20)30/h4-16H,1-3H3,(H2,32,33,34,37). The number of fused-ring (bicyclic) bond motifs is 2. The number of halogens is 1. The summed E-state index contributed by atoms with van der Waals surface area (Å²) in [6, 6.07) is 22.4. The first-order valence-corrected chi connectivity index (χ1v) is 12.5. The number of rotatable bonds is 5. The minimum atomic E-state index is -0.347. The quantitative estimate of drug-likeness (QED) is 0.229. The summed E-state index contributed by atoms with van der Waals surface area (Å²) in [4.78, 5) is 17.7. The van der Waals surface area contributed by atoms with Gasteiger partial charge in [-0.3, -0.25) is 10.1 Å². The molecule has 0 aliphatic rings. The maximum Gasteiger partial charge on any atom is 0.258 e. The van der Waals surface area contributed by atoms with Crippen molar-refractivity contribution in [2.24, 2.45) is 0 Å². The molecule has 0 fully saturated rings. The van der Waals surface area contributed by atoms with Crippen molar-refractivity contribution in [3.8, 4) is 17.2 Å². The number of methoxy groups -OCH3 is 1. The van der Waals surface area contributed by atoms with E-state index in [1.165, 1.54) is 5.56 Å². The Bertz CT molecular complexity index is 1660. The Morgan fingerprint density at radius 1 is 1.03 bits per heavy atom. The van der Waals surface area contributed by atoms with Gasteiger partial charge in [0.2, 0.25) is 5.89 Å². The van der Waals surface area contributed by atoms with Gasteiger partial charge in [-0.2, -0.15) is 0 Å². The SMILES string of the molecule is COc1ccc(-c2nc3cc(C(C)C)ccc3o2)cc1NC(=S)NC(=O)c1cccc2c(Cl)cccc12. The van der Waals surface area contributed by atoms with Crippen LogP contribution in [0.4, 0.5) is 5.69 Å². The van der Waals surface area contributed by atoms with Crippen molar-refractivity contribution < 1.29 is 13.9 Å². The molecular weight excluding hydrogens is 506 g/mol. The van der Waals surface area contributed by atoms with Crippen LogP contribution in [0.2, 0.25) is 5.02 Å². The van der Waals surface area contributed by atoms with Gasteiger partial charge in [0.1, 0.15) is 11.3 Å². The molecule has 0 aliphatic heterocycles. The summed E-state index contributed by atoms with van der Waals surface area (Å²) in [5, 5.41) is 8.06. The van der Waals surface area contributed by atoms with Crippen LogP contribution in [0.15, 0.2) is 77.2 Å². The Hall–Kier alpha value is -3.94. The van der Waals surface area contributed by atoms with Crippen LogP contribution in [0.5, 0.6) is 5.75 Å². The number of amides is 1. The smallest absolute Gasteiger partial charge is 0.258 e. The molecule has 2 N–H and O–H groups in total. The zero-order valence-electron chi connectivity index (χ0n) is 20.5. The van der Waals surface area contributed by atoms with Crippen LogP contribution < -0.4 is 15.4 Å². The van der Waals surface area contributed by atoms with Crippen molar-refractivity contribution in [2.75, 3.05) is 12.4 Å². The number of hydrogen-bond acceptors (Lipinski definition) is 5. The predicted octanol–water partition coefficient (Wildman–Crippen LogP) is 7.56. The molecule has 0 radical (unpaired) electrons. The largest absolute Gasteiger partial charge is 0.495 e. The molecule has 0 spiro atoms. The number of hydrogen-bond donors (Lipinski definition) is 2. The monoisotopic (exact) mass is 529 g/mol. The van der Waals surface area contributed by atoms with E-state index in [9.17, 15) is 4.79 Å². The van der Waals surface area contributed by atoms with Crippen LogP contribution >= 0.6 is 23.8 Å². The Morgan fingerprint density at radius 3 is 2.59 bits per heavy atom. The van der Waals surface area contributed by atoms with Gasteiger partial charge in [0.05, 0.1) is 12.8 Å².